The van der Waals surface area contributed by atoms with Crippen molar-refractivity contribution >= 4 is 46.6 Å². The number of fused-ring (bicyclic) bond motifs is 1. The Hall–Kier alpha value is -3.36. The molecule has 0 aliphatic carbocycles. The summed E-state index contributed by atoms with van der Waals surface area (Å²) in [6.07, 6.45) is 4.01. The summed E-state index contributed by atoms with van der Waals surface area (Å²) >= 11 is 12.2. The summed E-state index contributed by atoms with van der Waals surface area (Å²) in [5, 5.41) is 3.72. The third-order valence-corrected chi connectivity index (χ3v) is 5.89. The lowest BCUT2D eigenvalue weighted by Gasteiger charge is -2.18. The number of nitrogens with one attached hydrogen (secondary N) is 1. The minimum atomic E-state index is -0.364. The molecule has 3 aromatic rings. The number of hydrogen-bond donors (Lipinski definition) is 1. The monoisotopic (exact) mass is 487 g/mol. The van der Waals surface area contributed by atoms with Crippen LogP contribution in [0.4, 0.5) is 16.2 Å². The van der Waals surface area contributed by atoms with E-state index in [0.29, 0.717) is 40.3 Å². The lowest BCUT2D eigenvalue weighted by Crippen LogP contribution is -2.38. The van der Waals surface area contributed by atoms with Crippen LogP contribution < -0.4 is 19.5 Å². The van der Waals surface area contributed by atoms with Gasteiger partial charge in [-0.3, -0.25) is 9.69 Å². The SMILES string of the molecule is CC(=O)OC[n+]1cccc(Oc2ccc(NC(=O)N3CCc4cc(Cl)c(Cl)cc43)cn2)c1C. The second-order valence-electron chi connectivity index (χ2n) is 7.41. The molecular formula is C23H21Cl2N4O4+. The number of hydrogen-bond acceptors (Lipinski definition) is 5. The molecule has 0 fully saturated rings. The van der Waals surface area contributed by atoms with Gasteiger partial charge in [0.15, 0.2) is 11.9 Å². The van der Waals surface area contributed by atoms with Gasteiger partial charge in [-0.05, 0) is 36.2 Å². The molecule has 3 heterocycles. The lowest BCUT2D eigenvalue weighted by atomic mass is 10.2. The van der Waals surface area contributed by atoms with Gasteiger partial charge >= 0.3 is 12.0 Å². The van der Waals surface area contributed by atoms with Gasteiger partial charge in [0.1, 0.15) is 0 Å². The topological polar surface area (TPSA) is 84.6 Å². The van der Waals surface area contributed by atoms with Crippen molar-refractivity contribution in [2.24, 2.45) is 0 Å². The van der Waals surface area contributed by atoms with E-state index in [9.17, 15) is 9.59 Å². The van der Waals surface area contributed by atoms with Crippen LogP contribution in [0.1, 0.15) is 18.2 Å². The normalized spacial score (nSPS) is 12.3. The number of aromatic nitrogens is 2. The highest BCUT2D eigenvalue weighted by molar-refractivity contribution is 6.42. The summed E-state index contributed by atoms with van der Waals surface area (Å²) in [4.78, 5) is 29.7. The number of nitrogens with zero attached hydrogens (tertiary/aromatic N) is 3. The number of pyridine rings is 2. The maximum absolute atomic E-state index is 12.8. The van der Waals surface area contributed by atoms with E-state index in [-0.39, 0.29) is 18.7 Å². The average Bonchev–Trinajstić information content (AvgIpc) is 3.18. The third-order valence-electron chi connectivity index (χ3n) is 5.17. The molecule has 10 heteroatoms. The Morgan fingerprint density at radius 1 is 1.21 bits per heavy atom. The number of halogens is 2. The lowest BCUT2D eigenvalue weighted by molar-refractivity contribution is -0.733. The van der Waals surface area contributed by atoms with Crippen LogP contribution in [0.25, 0.3) is 0 Å². The fraction of sp³-hybridized carbons (Fsp3) is 0.217. The van der Waals surface area contributed by atoms with Gasteiger partial charge in [-0.1, -0.05) is 23.2 Å². The maximum Gasteiger partial charge on any atom is 0.326 e. The first-order valence-electron chi connectivity index (χ1n) is 10.1. The summed E-state index contributed by atoms with van der Waals surface area (Å²) < 4.78 is 12.7. The van der Waals surface area contributed by atoms with Crippen LogP contribution in [-0.4, -0.2) is 23.5 Å². The molecule has 1 aliphatic rings. The number of anilines is 2. The number of ether oxygens (including phenoxy) is 2. The number of carbonyl (C=O) groups is 2. The predicted molar refractivity (Wildman–Crippen MR) is 124 cm³/mol. The van der Waals surface area contributed by atoms with Crippen LogP contribution in [0.2, 0.25) is 10.0 Å². The Kier molecular flexibility index (Phi) is 6.67. The zero-order valence-electron chi connectivity index (χ0n) is 18.0. The van der Waals surface area contributed by atoms with E-state index in [4.69, 9.17) is 32.7 Å². The maximum atomic E-state index is 12.8. The predicted octanol–water partition coefficient (Wildman–Crippen LogP) is 4.89. The van der Waals surface area contributed by atoms with E-state index >= 15 is 0 Å². The molecule has 8 nitrogen and oxygen atoms in total. The Morgan fingerprint density at radius 3 is 2.73 bits per heavy atom. The van der Waals surface area contributed by atoms with Crippen molar-refractivity contribution in [1.29, 1.82) is 0 Å². The molecule has 1 aliphatic heterocycles. The number of benzene rings is 1. The van der Waals surface area contributed by atoms with E-state index in [0.717, 1.165) is 16.9 Å². The smallest absolute Gasteiger partial charge is 0.326 e. The summed E-state index contributed by atoms with van der Waals surface area (Å²) in [6, 6.07) is 10.2. The van der Waals surface area contributed by atoms with Crippen LogP contribution in [0.3, 0.4) is 0 Å². The molecule has 170 valence electrons. The molecule has 0 atom stereocenters. The molecule has 1 N–H and O–H groups in total. The standard InChI is InChI=1S/C23H20Cl2N4O4/c1-14-21(4-3-8-28(14)13-32-15(2)30)33-22-6-5-17(12-26-22)27-23(31)29-9-7-16-10-18(24)19(25)11-20(16)29/h3-6,8,10-12H,7,9,13H2,1-2H3/p+1. The Labute approximate surface area is 200 Å². The van der Waals surface area contributed by atoms with Gasteiger partial charge in [0.05, 0.1) is 27.6 Å². The highest BCUT2D eigenvalue weighted by atomic mass is 35.5. The molecule has 0 spiro atoms. The minimum absolute atomic E-state index is 0.0911. The van der Waals surface area contributed by atoms with E-state index in [1.165, 1.54) is 13.1 Å². The number of carbonyl (C=O) groups excluding carboxylic acids is 2. The molecule has 0 unspecified atom stereocenters. The van der Waals surface area contributed by atoms with Crippen molar-refractivity contribution in [2.45, 2.75) is 27.0 Å². The minimum Gasteiger partial charge on any atom is -0.432 e. The molecule has 0 saturated heterocycles. The van der Waals surface area contributed by atoms with Crippen molar-refractivity contribution in [3.63, 3.8) is 0 Å². The molecule has 4 rings (SSSR count). The van der Waals surface area contributed by atoms with Gasteiger partial charge in [-0.15, -0.1) is 0 Å². The van der Waals surface area contributed by atoms with E-state index in [1.807, 2.05) is 6.92 Å². The largest absolute Gasteiger partial charge is 0.432 e. The second kappa shape index (κ2) is 9.64. The van der Waals surface area contributed by atoms with E-state index < -0.39 is 0 Å². The first-order chi connectivity index (χ1) is 15.8. The number of urea groups is 1. The summed E-state index contributed by atoms with van der Waals surface area (Å²) in [5.74, 6) is 0.560. The Balaban J connectivity index is 1.42. The van der Waals surface area contributed by atoms with E-state index in [1.54, 1.807) is 52.1 Å². The van der Waals surface area contributed by atoms with Crippen molar-refractivity contribution in [3.05, 3.63) is 70.1 Å². The molecule has 2 aromatic heterocycles. The van der Waals surface area contributed by atoms with Crippen LogP contribution in [0.5, 0.6) is 11.6 Å². The quantitative estimate of drug-likeness (QED) is 0.408. The molecule has 0 bridgehead atoms. The molecule has 0 radical (unpaired) electrons. The second-order valence-corrected chi connectivity index (χ2v) is 8.22. The van der Waals surface area contributed by atoms with Gasteiger partial charge < -0.3 is 14.8 Å². The molecule has 0 saturated carbocycles. The highest BCUT2D eigenvalue weighted by Crippen LogP contribution is 2.35. The average molecular weight is 488 g/mol. The zero-order valence-corrected chi connectivity index (χ0v) is 19.5. The molecule has 33 heavy (non-hydrogen) atoms. The van der Waals surface area contributed by atoms with Gasteiger partial charge in [-0.25, -0.2) is 9.78 Å². The number of amides is 2. The summed E-state index contributed by atoms with van der Waals surface area (Å²) in [6.45, 7) is 3.83. The van der Waals surface area contributed by atoms with Crippen LogP contribution in [0.15, 0.2) is 48.8 Å². The fourth-order valence-corrected chi connectivity index (χ4v) is 3.77. The highest BCUT2D eigenvalue weighted by Gasteiger charge is 2.26. The van der Waals surface area contributed by atoms with Gasteiger partial charge in [0.2, 0.25) is 11.6 Å². The van der Waals surface area contributed by atoms with Gasteiger partial charge in [0.25, 0.3) is 6.73 Å². The number of rotatable bonds is 5. The zero-order chi connectivity index (χ0) is 23.5. The van der Waals surface area contributed by atoms with Crippen molar-refractivity contribution in [3.8, 4) is 11.6 Å². The van der Waals surface area contributed by atoms with Crippen molar-refractivity contribution in [2.75, 3.05) is 16.8 Å². The van der Waals surface area contributed by atoms with Gasteiger partial charge in [0, 0.05) is 32.5 Å². The van der Waals surface area contributed by atoms with Gasteiger partial charge in [-0.2, -0.15) is 4.57 Å². The van der Waals surface area contributed by atoms with Crippen molar-refractivity contribution in [1.82, 2.24) is 4.98 Å². The Bertz CT molecular complexity index is 1220. The third kappa shape index (κ3) is 5.18. The Morgan fingerprint density at radius 2 is 2.00 bits per heavy atom. The van der Waals surface area contributed by atoms with Crippen molar-refractivity contribution < 1.29 is 23.6 Å². The number of esters is 1. The van der Waals surface area contributed by atoms with Crippen LogP contribution >= 0.6 is 23.2 Å². The summed E-state index contributed by atoms with van der Waals surface area (Å²) in [5.41, 5.74) is 3.02. The molecular weight excluding hydrogens is 467 g/mol. The van der Waals surface area contributed by atoms with Crippen LogP contribution in [-0.2, 0) is 22.7 Å². The fourth-order valence-electron chi connectivity index (χ4n) is 3.43. The molecule has 1 aromatic carbocycles. The summed E-state index contributed by atoms with van der Waals surface area (Å²) in [7, 11) is 0. The van der Waals surface area contributed by atoms with Crippen LogP contribution in [0, 0.1) is 6.92 Å². The first kappa shape index (κ1) is 22.8. The first-order valence-corrected chi connectivity index (χ1v) is 10.9. The molecule has 2 amide bonds. The van der Waals surface area contributed by atoms with E-state index in [2.05, 4.69) is 10.3 Å².